The Bertz CT molecular complexity index is 582. The zero-order valence-corrected chi connectivity index (χ0v) is 15.7. The van der Waals surface area contributed by atoms with Gasteiger partial charge in [0.2, 0.25) is 5.91 Å². The maximum Gasteiger partial charge on any atom is 0.253 e. The summed E-state index contributed by atoms with van der Waals surface area (Å²) < 4.78 is 0. The molecular weight excluding hydrogens is 326 g/mol. The number of nitrogens with one attached hydrogen (secondary N) is 2. The van der Waals surface area contributed by atoms with Crippen LogP contribution in [0.15, 0.2) is 18.2 Å². The van der Waals surface area contributed by atoms with E-state index in [4.69, 9.17) is 0 Å². The minimum Gasteiger partial charge on any atom is -0.338 e. The summed E-state index contributed by atoms with van der Waals surface area (Å²) in [4.78, 5) is 26.5. The molecule has 134 valence electrons. The van der Waals surface area contributed by atoms with Crippen LogP contribution in [0.1, 0.15) is 36.2 Å². The second-order valence-electron chi connectivity index (χ2n) is 6.76. The van der Waals surface area contributed by atoms with E-state index in [2.05, 4.69) is 24.5 Å². The first-order chi connectivity index (χ1) is 10.9. The van der Waals surface area contributed by atoms with Crippen molar-refractivity contribution in [3.63, 3.8) is 0 Å². The third-order valence-corrected chi connectivity index (χ3v) is 4.25. The van der Waals surface area contributed by atoms with Crippen molar-refractivity contribution in [2.75, 3.05) is 32.0 Å². The quantitative estimate of drug-likeness (QED) is 0.874. The molecule has 6 heteroatoms. The van der Waals surface area contributed by atoms with E-state index in [1.54, 1.807) is 13.1 Å². The summed E-state index contributed by atoms with van der Waals surface area (Å²) in [7, 11) is 1.73. The molecule has 24 heavy (non-hydrogen) atoms. The molecule has 1 saturated heterocycles. The molecule has 5 nitrogen and oxygen atoms in total. The second kappa shape index (κ2) is 9.04. The van der Waals surface area contributed by atoms with Gasteiger partial charge in [-0.25, -0.2) is 0 Å². The number of nitrogens with zero attached hydrogens (tertiary/aromatic N) is 1. The Morgan fingerprint density at radius 1 is 1.21 bits per heavy atom. The first-order valence-electron chi connectivity index (χ1n) is 8.25. The van der Waals surface area contributed by atoms with Gasteiger partial charge in [0, 0.05) is 24.3 Å². The van der Waals surface area contributed by atoms with E-state index >= 15 is 0 Å². The molecule has 2 unspecified atom stereocenters. The standard InChI is InChI=1S/C18H27N3O2.ClH/c1-12-7-13(2)11-21(10-12)18(23)15-6-5-14(3)16(8-15)20-17(22)9-19-4;/h5-6,8,12-13,19H,7,9-11H2,1-4H3,(H,20,22);1H. The second-order valence-corrected chi connectivity index (χ2v) is 6.76. The van der Waals surface area contributed by atoms with Gasteiger partial charge in [0.15, 0.2) is 0 Å². The summed E-state index contributed by atoms with van der Waals surface area (Å²) in [5.41, 5.74) is 2.29. The Labute approximate surface area is 150 Å². The van der Waals surface area contributed by atoms with E-state index in [1.165, 1.54) is 6.42 Å². The van der Waals surface area contributed by atoms with E-state index in [9.17, 15) is 9.59 Å². The van der Waals surface area contributed by atoms with Crippen LogP contribution in [0.2, 0.25) is 0 Å². The lowest BCUT2D eigenvalue weighted by molar-refractivity contribution is -0.115. The number of likely N-dealkylation sites (tertiary alicyclic amines) is 1. The number of hydrogen-bond acceptors (Lipinski definition) is 3. The van der Waals surface area contributed by atoms with Gasteiger partial charge >= 0.3 is 0 Å². The largest absolute Gasteiger partial charge is 0.338 e. The minimum absolute atomic E-state index is 0. The lowest BCUT2D eigenvalue weighted by Gasteiger charge is -2.35. The van der Waals surface area contributed by atoms with E-state index in [0.717, 1.165) is 18.7 Å². The van der Waals surface area contributed by atoms with Crippen LogP contribution >= 0.6 is 12.4 Å². The third-order valence-electron chi connectivity index (χ3n) is 4.25. The molecule has 0 aromatic heterocycles. The molecule has 2 N–H and O–H groups in total. The first-order valence-corrected chi connectivity index (χ1v) is 8.25. The van der Waals surface area contributed by atoms with E-state index in [0.29, 0.717) is 23.1 Å². The number of carbonyl (C=O) groups is 2. The maximum atomic E-state index is 12.8. The van der Waals surface area contributed by atoms with Gasteiger partial charge in [-0.15, -0.1) is 12.4 Å². The van der Waals surface area contributed by atoms with Gasteiger partial charge in [-0.05, 0) is 49.9 Å². The molecule has 2 atom stereocenters. The molecule has 2 rings (SSSR count). The van der Waals surface area contributed by atoms with Crippen LogP contribution in [0.25, 0.3) is 0 Å². The SMILES string of the molecule is CNCC(=O)Nc1cc(C(=O)N2CC(C)CC(C)C2)ccc1C.Cl. The van der Waals surface area contributed by atoms with Crippen molar-refractivity contribution in [1.82, 2.24) is 10.2 Å². The predicted molar refractivity (Wildman–Crippen MR) is 99.8 cm³/mol. The van der Waals surface area contributed by atoms with E-state index in [1.807, 2.05) is 24.0 Å². The number of likely N-dealkylation sites (N-methyl/N-ethyl adjacent to an activating group) is 1. The fourth-order valence-electron chi connectivity index (χ4n) is 3.26. The fraction of sp³-hybridized carbons (Fsp3) is 0.556. The van der Waals surface area contributed by atoms with Gasteiger partial charge in [0.05, 0.1) is 6.54 Å². The van der Waals surface area contributed by atoms with Crippen molar-refractivity contribution in [3.8, 4) is 0 Å². The lowest BCUT2D eigenvalue weighted by atomic mass is 9.91. The van der Waals surface area contributed by atoms with Gasteiger partial charge in [0.1, 0.15) is 0 Å². The summed E-state index contributed by atoms with van der Waals surface area (Å²) >= 11 is 0. The average Bonchev–Trinajstić information content (AvgIpc) is 2.48. The number of rotatable bonds is 4. The predicted octanol–water partition coefficient (Wildman–Crippen LogP) is 2.69. The number of piperidine rings is 1. The van der Waals surface area contributed by atoms with Crippen molar-refractivity contribution in [1.29, 1.82) is 0 Å². The maximum absolute atomic E-state index is 12.8. The molecule has 1 aromatic carbocycles. The van der Waals surface area contributed by atoms with Crippen molar-refractivity contribution >= 4 is 29.9 Å². The van der Waals surface area contributed by atoms with Crippen LogP contribution < -0.4 is 10.6 Å². The van der Waals surface area contributed by atoms with Gasteiger partial charge in [-0.3, -0.25) is 9.59 Å². The Balaban J connectivity index is 0.00000288. The highest BCUT2D eigenvalue weighted by atomic mass is 35.5. The zero-order chi connectivity index (χ0) is 17.0. The smallest absolute Gasteiger partial charge is 0.253 e. The molecule has 0 aliphatic carbocycles. The number of amides is 2. The first kappa shape index (κ1) is 20.5. The number of anilines is 1. The van der Waals surface area contributed by atoms with Crippen LogP contribution in [0.5, 0.6) is 0 Å². The van der Waals surface area contributed by atoms with Crippen LogP contribution in [0, 0.1) is 18.8 Å². The Kier molecular flexibility index (Phi) is 7.70. The highest BCUT2D eigenvalue weighted by molar-refractivity contribution is 5.98. The molecule has 0 radical (unpaired) electrons. The molecule has 0 saturated carbocycles. The van der Waals surface area contributed by atoms with Crippen LogP contribution in [0.3, 0.4) is 0 Å². The Morgan fingerprint density at radius 2 is 1.83 bits per heavy atom. The van der Waals surface area contributed by atoms with Crippen molar-refractivity contribution in [2.45, 2.75) is 27.2 Å². The topological polar surface area (TPSA) is 61.4 Å². The molecule has 1 aliphatic rings. The summed E-state index contributed by atoms with van der Waals surface area (Å²) in [6, 6.07) is 5.52. The Hall–Kier alpha value is -1.59. The summed E-state index contributed by atoms with van der Waals surface area (Å²) in [6.45, 7) is 8.16. The number of halogens is 1. The molecule has 0 bridgehead atoms. The van der Waals surface area contributed by atoms with Crippen LogP contribution in [-0.2, 0) is 4.79 Å². The van der Waals surface area contributed by atoms with E-state index < -0.39 is 0 Å². The highest BCUT2D eigenvalue weighted by Crippen LogP contribution is 2.24. The molecular formula is C18H28ClN3O2. The van der Waals surface area contributed by atoms with Crippen molar-refractivity contribution < 1.29 is 9.59 Å². The molecule has 1 heterocycles. The van der Waals surface area contributed by atoms with Gasteiger partial charge in [-0.1, -0.05) is 19.9 Å². The number of carbonyl (C=O) groups excluding carboxylic acids is 2. The minimum atomic E-state index is -0.111. The zero-order valence-electron chi connectivity index (χ0n) is 14.9. The molecule has 1 aliphatic heterocycles. The number of aryl methyl sites for hydroxylation is 1. The molecule has 1 aromatic rings. The number of hydrogen-bond donors (Lipinski definition) is 2. The molecule has 0 spiro atoms. The van der Waals surface area contributed by atoms with Crippen LogP contribution in [-0.4, -0.2) is 43.4 Å². The van der Waals surface area contributed by atoms with Gasteiger partial charge < -0.3 is 15.5 Å². The van der Waals surface area contributed by atoms with E-state index in [-0.39, 0.29) is 30.8 Å². The van der Waals surface area contributed by atoms with Crippen molar-refractivity contribution in [3.05, 3.63) is 29.3 Å². The Morgan fingerprint density at radius 3 is 2.42 bits per heavy atom. The molecule has 1 fully saturated rings. The average molecular weight is 354 g/mol. The summed E-state index contributed by atoms with van der Waals surface area (Å²) in [6.07, 6.45) is 1.17. The summed E-state index contributed by atoms with van der Waals surface area (Å²) in [5.74, 6) is 0.999. The monoisotopic (exact) mass is 353 g/mol. The van der Waals surface area contributed by atoms with Gasteiger partial charge in [-0.2, -0.15) is 0 Å². The normalized spacial score (nSPS) is 20.2. The fourth-order valence-corrected chi connectivity index (χ4v) is 3.26. The lowest BCUT2D eigenvalue weighted by Crippen LogP contribution is -2.42. The number of benzene rings is 1. The van der Waals surface area contributed by atoms with Crippen molar-refractivity contribution in [2.24, 2.45) is 11.8 Å². The molecule has 2 amide bonds. The van der Waals surface area contributed by atoms with Crippen LogP contribution in [0.4, 0.5) is 5.69 Å². The van der Waals surface area contributed by atoms with Gasteiger partial charge in [0.25, 0.3) is 5.91 Å². The summed E-state index contributed by atoms with van der Waals surface area (Å²) in [5, 5.41) is 5.67. The highest BCUT2D eigenvalue weighted by Gasteiger charge is 2.26. The third kappa shape index (κ3) is 5.21.